The van der Waals surface area contributed by atoms with Gasteiger partial charge in [0.05, 0.1) is 24.5 Å². The van der Waals surface area contributed by atoms with Crippen LogP contribution < -0.4 is 10.8 Å². The smallest absolute Gasteiger partial charge is 0.278 e. The molecule has 0 unspecified atom stereocenters. The lowest BCUT2D eigenvalue weighted by Gasteiger charge is -2.10. The van der Waals surface area contributed by atoms with Crippen molar-refractivity contribution in [3.63, 3.8) is 0 Å². The highest BCUT2D eigenvalue weighted by Gasteiger charge is 2.21. The average Bonchev–Trinajstić information content (AvgIpc) is 2.94. The van der Waals surface area contributed by atoms with Crippen molar-refractivity contribution in [3.05, 3.63) is 53.0 Å². The summed E-state index contributed by atoms with van der Waals surface area (Å²) in [6.07, 6.45) is 1.71. The number of pyridine rings is 1. The Kier molecular flexibility index (Phi) is 5.46. The van der Waals surface area contributed by atoms with Crippen LogP contribution in [0.1, 0.15) is 21.5 Å². The van der Waals surface area contributed by atoms with Gasteiger partial charge >= 0.3 is 0 Å². The number of aliphatic hydroxyl groups is 1. The molecule has 0 saturated heterocycles. The molecular formula is C18H18FN3O3S. The molecule has 2 heterocycles. The Hall–Kier alpha value is -2.55. The number of carbonyl (C=O) groups excluding carboxylic acids is 1. The first-order valence-electron chi connectivity index (χ1n) is 7.95. The molecule has 0 spiro atoms. The average molecular weight is 375 g/mol. The van der Waals surface area contributed by atoms with E-state index in [-0.39, 0.29) is 18.9 Å². The highest BCUT2D eigenvalue weighted by molar-refractivity contribution is 7.23. The van der Waals surface area contributed by atoms with Gasteiger partial charge in [-0.2, -0.15) is 0 Å². The number of fused-ring (bicyclic) bond motifs is 1. The van der Waals surface area contributed by atoms with Crippen molar-refractivity contribution in [2.45, 2.75) is 13.8 Å². The number of benzene rings is 1. The Morgan fingerprint density at radius 1 is 1.31 bits per heavy atom. The van der Waals surface area contributed by atoms with Gasteiger partial charge in [-0.15, -0.1) is 0 Å². The number of thiophene rings is 1. The van der Waals surface area contributed by atoms with Gasteiger partial charge in [-0.1, -0.05) is 17.4 Å². The summed E-state index contributed by atoms with van der Waals surface area (Å²) in [7, 11) is 0. The van der Waals surface area contributed by atoms with E-state index in [4.69, 9.17) is 9.94 Å². The Balaban J connectivity index is 2.03. The van der Waals surface area contributed by atoms with Gasteiger partial charge in [0.25, 0.3) is 5.91 Å². The monoisotopic (exact) mass is 375 g/mol. The van der Waals surface area contributed by atoms with Crippen LogP contribution in [0.2, 0.25) is 0 Å². The van der Waals surface area contributed by atoms with Crippen molar-refractivity contribution in [3.8, 4) is 0 Å². The lowest BCUT2D eigenvalue weighted by Crippen LogP contribution is -2.25. The molecule has 0 aliphatic rings. The number of halogens is 1. The molecule has 0 fully saturated rings. The third-order valence-corrected chi connectivity index (χ3v) is 4.67. The van der Waals surface area contributed by atoms with Crippen LogP contribution in [0.3, 0.4) is 0 Å². The van der Waals surface area contributed by atoms with Gasteiger partial charge in [-0.25, -0.2) is 14.9 Å². The second-order valence-corrected chi connectivity index (χ2v) is 6.78. The number of hydrogen-bond acceptors (Lipinski definition) is 6. The van der Waals surface area contributed by atoms with Gasteiger partial charge in [0, 0.05) is 11.6 Å². The Labute approximate surface area is 153 Å². The van der Waals surface area contributed by atoms with Crippen molar-refractivity contribution in [1.29, 1.82) is 0 Å². The number of nitrogens with zero attached hydrogens (tertiary/aromatic N) is 1. The van der Waals surface area contributed by atoms with Crippen LogP contribution in [0.4, 0.5) is 15.1 Å². The summed E-state index contributed by atoms with van der Waals surface area (Å²) in [6, 6.07) is 6.67. The maximum atomic E-state index is 14.2. The number of amides is 1. The standard InChI is InChI=1S/C18H18FN3O3S/c1-10-3-4-14(13(19)8-10)21-18-15(16(24)22-25-6-5-23)12-7-11(2)9-20-17(12)26-18/h3-4,7-9,21,23H,5-6H2,1-2H3,(H,22,24). The van der Waals surface area contributed by atoms with Crippen molar-refractivity contribution in [2.75, 3.05) is 18.5 Å². The van der Waals surface area contributed by atoms with Crippen molar-refractivity contribution in [1.82, 2.24) is 10.5 Å². The molecule has 0 saturated carbocycles. The summed E-state index contributed by atoms with van der Waals surface area (Å²) in [5.41, 5.74) is 4.58. The predicted octanol–water partition coefficient (Wildman–Crippen LogP) is 3.45. The SMILES string of the molecule is Cc1ccc(Nc2sc3ncc(C)cc3c2C(=O)NOCCO)c(F)c1. The number of aromatic nitrogens is 1. The molecule has 3 aromatic rings. The number of hydroxylamine groups is 1. The molecule has 0 radical (unpaired) electrons. The first-order chi connectivity index (χ1) is 12.5. The molecule has 136 valence electrons. The first-order valence-corrected chi connectivity index (χ1v) is 8.76. The van der Waals surface area contributed by atoms with E-state index in [2.05, 4.69) is 15.8 Å². The van der Waals surface area contributed by atoms with E-state index in [1.54, 1.807) is 25.3 Å². The molecule has 0 aliphatic heterocycles. The third-order valence-electron chi connectivity index (χ3n) is 3.64. The Morgan fingerprint density at radius 3 is 2.85 bits per heavy atom. The molecule has 0 aliphatic carbocycles. The van der Waals surface area contributed by atoms with E-state index in [0.717, 1.165) is 11.1 Å². The normalized spacial score (nSPS) is 10.9. The molecule has 1 amide bonds. The van der Waals surface area contributed by atoms with Crippen molar-refractivity contribution in [2.24, 2.45) is 0 Å². The largest absolute Gasteiger partial charge is 0.394 e. The van der Waals surface area contributed by atoms with Gasteiger partial charge in [0.2, 0.25) is 0 Å². The van der Waals surface area contributed by atoms with E-state index in [9.17, 15) is 9.18 Å². The first kappa shape index (κ1) is 18.2. The van der Waals surface area contributed by atoms with Gasteiger partial charge < -0.3 is 10.4 Å². The zero-order chi connectivity index (χ0) is 18.7. The zero-order valence-electron chi connectivity index (χ0n) is 14.3. The molecule has 0 atom stereocenters. The maximum Gasteiger partial charge on any atom is 0.278 e. The van der Waals surface area contributed by atoms with Crippen LogP contribution in [0, 0.1) is 19.7 Å². The molecule has 0 bridgehead atoms. The van der Waals surface area contributed by atoms with E-state index in [1.807, 2.05) is 13.0 Å². The van der Waals surface area contributed by atoms with Gasteiger partial charge in [0.15, 0.2) is 0 Å². The van der Waals surface area contributed by atoms with Crippen molar-refractivity contribution < 1.29 is 19.1 Å². The number of nitrogens with one attached hydrogen (secondary N) is 2. The topological polar surface area (TPSA) is 83.5 Å². The summed E-state index contributed by atoms with van der Waals surface area (Å²) in [6.45, 7) is 3.43. The molecule has 2 aromatic heterocycles. The highest BCUT2D eigenvalue weighted by Crippen LogP contribution is 2.37. The summed E-state index contributed by atoms with van der Waals surface area (Å²) in [5.74, 6) is -0.901. The molecular weight excluding hydrogens is 357 g/mol. The number of aryl methyl sites for hydroxylation is 2. The Morgan fingerprint density at radius 2 is 2.12 bits per heavy atom. The zero-order valence-corrected chi connectivity index (χ0v) is 15.1. The maximum absolute atomic E-state index is 14.2. The minimum Gasteiger partial charge on any atom is -0.394 e. The number of rotatable bonds is 6. The number of anilines is 2. The van der Waals surface area contributed by atoms with E-state index in [1.165, 1.54) is 17.4 Å². The fourth-order valence-corrected chi connectivity index (χ4v) is 3.49. The van der Waals surface area contributed by atoms with E-state index < -0.39 is 11.7 Å². The summed E-state index contributed by atoms with van der Waals surface area (Å²) < 4.78 is 14.2. The van der Waals surface area contributed by atoms with Gasteiger partial charge in [-0.05, 0) is 43.2 Å². The van der Waals surface area contributed by atoms with Crippen LogP contribution >= 0.6 is 11.3 Å². The van der Waals surface area contributed by atoms with Gasteiger partial charge in [0.1, 0.15) is 15.6 Å². The quantitative estimate of drug-likeness (QED) is 0.454. The second-order valence-electron chi connectivity index (χ2n) is 5.78. The van der Waals surface area contributed by atoms with Gasteiger partial charge in [-0.3, -0.25) is 9.63 Å². The van der Waals surface area contributed by atoms with Crippen LogP contribution in [-0.2, 0) is 4.84 Å². The van der Waals surface area contributed by atoms with Crippen molar-refractivity contribution >= 4 is 38.1 Å². The van der Waals surface area contributed by atoms with E-state index >= 15 is 0 Å². The predicted molar refractivity (Wildman–Crippen MR) is 99.3 cm³/mol. The fourth-order valence-electron chi connectivity index (χ4n) is 2.46. The van der Waals surface area contributed by atoms with Crippen LogP contribution in [0.25, 0.3) is 10.2 Å². The molecule has 1 aromatic carbocycles. The molecule has 8 heteroatoms. The fraction of sp³-hybridized carbons (Fsp3) is 0.222. The summed E-state index contributed by atoms with van der Waals surface area (Å²) in [5, 5.41) is 12.9. The van der Waals surface area contributed by atoms with Crippen LogP contribution in [0.15, 0.2) is 30.5 Å². The summed E-state index contributed by atoms with van der Waals surface area (Å²) in [4.78, 5) is 22.5. The Bertz CT molecular complexity index is 958. The molecule has 3 N–H and O–H groups in total. The molecule has 6 nitrogen and oxygen atoms in total. The molecule has 3 rings (SSSR count). The summed E-state index contributed by atoms with van der Waals surface area (Å²) >= 11 is 1.25. The lowest BCUT2D eigenvalue weighted by atomic mass is 10.1. The lowest BCUT2D eigenvalue weighted by molar-refractivity contribution is 0.0170. The minimum atomic E-state index is -0.493. The van der Waals surface area contributed by atoms with E-state index in [0.29, 0.717) is 20.8 Å². The molecule has 26 heavy (non-hydrogen) atoms. The minimum absolute atomic E-state index is 0.0273. The number of carbonyl (C=O) groups is 1. The second kappa shape index (κ2) is 7.77. The third kappa shape index (κ3) is 3.82. The number of hydrogen-bond donors (Lipinski definition) is 3. The number of aliphatic hydroxyl groups excluding tert-OH is 1. The highest BCUT2D eigenvalue weighted by atomic mass is 32.1. The van der Waals surface area contributed by atoms with Crippen LogP contribution in [0.5, 0.6) is 0 Å². The van der Waals surface area contributed by atoms with Crippen LogP contribution in [-0.4, -0.2) is 29.2 Å².